The van der Waals surface area contributed by atoms with Gasteiger partial charge in [0.1, 0.15) is 5.82 Å². The molecule has 15 heavy (non-hydrogen) atoms. The first-order valence-electron chi connectivity index (χ1n) is 4.52. The first-order chi connectivity index (χ1) is 7.36. The number of hydrogen-bond acceptors (Lipinski definition) is 2. The van der Waals surface area contributed by atoms with Crippen LogP contribution in [0.4, 0.5) is 4.39 Å². The van der Waals surface area contributed by atoms with Crippen molar-refractivity contribution in [2.75, 3.05) is 0 Å². The summed E-state index contributed by atoms with van der Waals surface area (Å²) < 4.78 is 15.4. The molecule has 2 heterocycles. The minimum atomic E-state index is -0.215. The van der Waals surface area contributed by atoms with Crippen LogP contribution in [0.3, 0.4) is 0 Å². The van der Waals surface area contributed by atoms with Crippen LogP contribution in [0.1, 0.15) is 0 Å². The van der Waals surface area contributed by atoms with Crippen LogP contribution in [0.15, 0.2) is 42.0 Å². The molecule has 2 aromatic heterocycles. The molecule has 74 valence electrons. The second-order valence-corrected chi connectivity index (χ2v) is 4.05. The molecule has 0 saturated heterocycles. The van der Waals surface area contributed by atoms with Crippen LogP contribution in [0.25, 0.3) is 16.0 Å². The van der Waals surface area contributed by atoms with E-state index >= 15 is 0 Å². The maximum atomic E-state index is 13.6. The van der Waals surface area contributed by atoms with Crippen LogP contribution in [0, 0.1) is 5.82 Å². The smallest absolute Gasteiger partial charge is 0.194 e. The fourth-order valence-electron chi connectivity index (χ4n) is 1.64. The van der Waals surface area contributed by atoms with Crippen LogP contribution in [0.2, 0.25) is 0 Å². The summed E-state index contributed by atoms with van der Waals surface area (Å²) in [5.74, 6) is -0.215. The van der Waals surface area contributed by atoms with E-state index in [1.54, 1.807) is 16.8 Å². The number of aromatic nitrogens is 2. The number of hydrogen-bond donors (Lipinski definition) is 0. The summed E-state index contributed by atoms with van der Waals surface area (Å²) in [5.41, 5.74) is 0.590. The number of fused-ring (bicyclic) bond motifs is 1. The van der Waals surface area contributed by atoms with Crippen molar-refractivity contribution in [2.45, 2.75) is 0 Å². The zero-order valence-corrected chi connectivity index (χ0v) is 8.54. The zero-order valence-electron chi connectivity index (χ0n) is 7.72. The third-order valence-electron chi connectivity index (χ3n) is 2.29. The summed E-state index contributed by atoms with van der Waals surface area (Å²) in [5, 5.41) is 3.56. The van der Waals surface area contributed by atoms with E-state index < -0.39 is 0 Å². The maximum absolute atomic E-state index is 13.6. The van der Waals surface area contributed by atoms with E-state index in [9.17, 15) is 4.39 Å². The van der Waals surface area contributed by atoms with E-state index in [2.05, 4.69) is 4.98 Å². The van der Waals surface area contributed by atoms with Crippen molar-refractivity contribution in [3.8, 4) is 5.13 Å². The third-order valence-corrected chi connectivity index (χ3v) is 3.06. The van der Waals surface area contributed by atoms with E-state index in [-0.39, 0.29) is 5.82 Å². The van der Waals surface area contributed by atoms with E-state index in [0.717, 1.165) is 10.5 Å². The van der Waals surface area contributed by atoms with Crippen molar-refractivity contribution in [1.82, 2.24) is 9.55 Å². The molecule has 3 rings (SSSR count). The monoisotopic (exact) mass is 218 g/mol. The number of nitrogens with zero attached hydrogens (tertiary/aromatic N) is 2. The van der Waals surface area contributed by atoms with Gasteiger partial charge in [-0.2, -0.15) is 0 Å². The first-order valence-corrected chi connectivity index (χ1v) is 5.40. The Morgan fingerprint density at radius 1 is 1.27 bits per heavy atom. The lowest BCUT2D eigenvalue weighted by Gasteiger charge is -2.00. The van der Waals surface area contributed by atoms with Crippen LogP contribution in [0.5, 0.6) is 0 Å². The molecule has 2 nitrogen and oxygen atoms in total. The highest BCUT2D eigenvalue weighted by Gasteiger charge is 2.08. The van der Waals surface area contributed by atoms with E-state index in [1.165, 1.54) is 17.4 Å². The zero-order chi connectivity index (χ0) is 10.3. The fraction of sp³-hybridized carbons (Fsp3) is 0. The fourth-order valence-corrected chi connectivity index (χ4v) is 2.28. The molecule has 0 spiro atoms. The van der Waals surface area contributed by atoms with Gasteiger partial charge in [0.2, 0.25) is 0 Å². The lowest BCUT2D eigenvalue weighted by atomic mass is 10.2. The van der Waals surface area contributed by atoms with Gasteiger partial charge in [-0.25, -0.2) is 9.37 Å². The van der Waals surface area contributed by atoms with Crippen molar-refractivity contribution >= 4 is 22.2 Å². The molecule has 0 atom stereocenters. The van der Waals surface area contributed by atoms with Crippen LogP contribution in [-0.4, -0.2) is 9.55 Å². The van der Waals surface area contributed by atoms with Gasteiger partial charge in [-0.1, -0.05) is 12.1 Å². The molecule has 0 radical (unpaired) electrons. The standard InChI is InChI=1S/C11H7FN2S/c12-9-3-1-2-8-4-6-14(10(8)9)11-13-5-7-15-11/h1-7H. The number of halogens is 1. The first kappa shape index (κ1) is 8.61. The molecular formula is C11H7FN2S. The Kier molecular flexibility index (Phi) is 1.82. The Bertz CT molecular complexity index is 598. The Morgan fingerprint density at radius 3 is 3.00 bits per heavy atom. The van der Waals surface area contributed by atoms with E-state index in [1.807, 2.05) is 23.7 Å². The van der Waals surface area contributed by atoms with Crippen molar-refractivity contribution in [3.05, 3.63) is 47.9 Å². The highest BCUT2D eigenvalue weighted by atomic mass is 32.1. The molecule has 3 aromatic rings. The number of thiazole rings is 1. The molecule has 1 aromatic carbocycles. The summed E-state index contributed by atoms with van der Waals surface area (Å²) in [4.78, 5) is 4.16. The predicted octanol–water partition coefficient (Wildman–Crippen LogP) is 3.23. The molecule has 0 unspecified atom stereocenters. The average Bonchev–Trinajstić information content (AvgIpc) is 2.85. The molecule has 0 amide bonds. The summed E-state index contributed by atoms with van der Waals surface area (Å²) >= 11 is 1.49. The molecule has 4 heteroatoms. The average molecular weight is 218 g/mol. The quantitative estimate of drug-likeness (QED) is 0.613. The van der Waals surface area contributed by atoms with Gasteiger partial charge in [-0.05, 0) is 12.1 Å². The minimum Gasteiger partial charge on any atom is -0.290 e. The molecule has 0 aliphatic heterocycles. The Labute approximate surface area is 89.6 Å². The van der Waals surface area contributed by atoms with E-state index in [4.69, 9.17) is 0 Å². The molecule has 0 saturated carbocycles. The normalized spacial score (nSPS) is 11.0. The predicted molar refractivity (Wildman–Crippen MR) is 58.9 cm³/mol. The summed E-state index contributed by atoms with van der Waals surface area (Å²) in [7, 11) is 0. The second kappa shape index (κ2) is 3.17. The Balaban J connectivity index is 2.37. The van der Waals surface area contributed by atoms with Crippen molar-refractivity contribution < 1.29 is 4.39 Å². The van der Waals surface area contributed by atoms with Gasteiger partial charge in [0.15, 0.2) is 5.13 Å². The molecule has 0 bridgehead atoms. The number of benzene rings is 1. The van der Waals surface area contributed by atoms with Gasteiger partial charge in [0.05, 0.1) is 5.52 Å². The van der Waals surface area contributed by atoms with Crippen LogP contribution in [-0.2, 0) is 0 Å². The van der Waals surface area contributed by atoms with Gasteiger partial charge in [-0.15, -0.1) is 11.3 Å². The van der Waals surface area contributed by atoms with E-state index in [0.29, 0.717) is 5.52 Å². The van der Waals surface area contributed by atoms with Gasteiger partial charge in [0.25, 0.3) is 0 Å². The highest BCUT2D eigenvalue weighted by molar-refractivity contribution is 7.12. The highest BCUT2D eigenvalue weighted by Crippen LogP contribution is 2.23. The molecule has 0 fully saturated rings. The molecular weight excluding hydrogens is 211 g/mol. The molecule has 0 aliphatic carbocycles. The van der Waals surface area contributed by atoms with Crippen LogP contribution >= 0.6 is 11.3 Å². The topological polar surface area (TPSA) is 17.8 Å². The molecule has 0 aliphatic rings. The van der Waals surface area contributed by atoms with Crippen LogP contribution < -0.4 is 0 Å². The Hall–Kier alpha value is -1.68. The van der Waals surface area contributed by atoms with Gasteiger partial charge in [-0.3, -0.25) is 4.57 Å². The number of para-hydroxylation sites is 1. The van der Waals surface area contributed by atoms with Crippen molar-refractivity contribution in [2.24, 2.45) is 0 Å². The van der Waals surface area contributed by atoms with Crippen molar-refractivity contribution in [1.29, 1.82) is 0 Å². The SMILES string of the molecule is Fc1cccc2ccn(-c3nccs3)c12. The lowest BCUT2D eigenvalue weighted by molar-refractivity contribution is 0.634. The van der Waals surface area contributed by atoms with Gasteiger partial charge >= 0.3 is 0 Å². The minimum absolute atomic E-state index is 0.215. The number of rotatable bonds is 1. The van der Waals surface area contributed by atoms with Gasteiger partial charge < -0.3 is 0 Å². The molecule has 0 N–H and O–H groups in total. The lowest BCUT2D eigenvalue weighted by Crippen LogP contribution is -1.92. The third kappa shape index (κ3) is 1.26. The second-order valence-electron chi connectivity index (χ2n) is 3.18. The maximum Gasteiger partial charge on any atom is 0.194 e. The summed E-state index contributed by atoms with van der Waals surface area (Å²) in [6.07, 6.45) is 3.55. The largest absolute Gasteiger partial charge is 0.290 e. The summed E-state index contributed by atoms with van der Waals surface area (Å²) in [6.45, 7) is 0. The van der Waals surface area contributed by atoms with Gasteiger partial charge in [0, 0.05) is 23.2 Å². The summed E-state index contributed by atoms with van der Waals surface area (Å²) in [6, 6.07) is 6.96. The Morgan fingerprint density at radius 2 is 2.20 bits per heavy atom. The van der Waals surface area contributed by atoms with Crippen molar-refractivity contribution in [3.63, 3.8) is 0 Å².